The van der Waals surface area contributed by atoms with Crippen LogP contribution < -0.4 is 0 Å². The summed E-state index contributed by atoms with van der Waals surface area (Å²) in [7, 11) is 0. The van der Waals surface area contributed by atoms with Crippen LogP contribution in [0.5, 0.6) is 0 Å². The Morgan fingerprint density at radius 3 is 1.40 bits per heavy atom. The number of hydrogen-bond donors (Lipinski definition) is 0. The molecule has 0 spiro atoms. The molecule has 6 nitrogen and oxygen atoms in total. The number of fused-ring (bicyclic) bond motifs is 9. The van der Waals surface area contributed by atoms with Gasteiger partial charge in [-0.1, -0.05) is 146 Å². The van der Waals surface area contributed by atoms with Gasteiger partial charge >= 0.3 is 0 Å². The lowest BCUT2D eigenvalue weighted by atomic mass is 9.95. The summed E-state index contributed by atoms with van der Waals surface area (Å²) >= 11 is 0. The molecule has 63 heavy (non-hydrogen) atoms. The van der Waals surface area contributed by atoms with Crippen molar-refractivity contribution >= 4 is 65.7 Å². The average Bonchev–Trinajstić information content (AvgIpc) is 4.04. The zero-order valence-corrected chi connectivity index (χ0v) is 33.7. The number of nitrogens with zero attached hydrogens (tertiary/aromatic N) is 4. The first kappa shape index (κ1) is 35.2. The van der Waals surface area contributed by atoms with Crippen molar-refractivity contribution in [3.05, 3.63) is 206 Å². The molecule has 0 saturated heterocycles. The molecule has 13 aromatic rings. The molecule has 0 fully saturated rings. The smallest absolute Gasteiger partial charge is 0.164 e. The molecule has 0 aliphatic carbocycles. The van der Waals surface area contributed by atoms with Crippen LogP contribution >= 0.6 is 0 Å². The normalized spacial score (nSPS) is 11.8. The van der Waals surface area contributed by atoms with E-state index < -0.39 is 0 Å². The van der Waals surface area contributed by atoms with Crippen LogP contribution in [-0.4, -0.2) is 19.5 Å². The summed E-state index contributed by atoms with van der Waals surface area (Å²) in [5, 5.41) is 6.50. The Balaban J connectivity index is 0.991. The summed E-state index contributed by atoms with van der Waals surface area (Å²) in [4.78, 5) is 15.1. The minimum atomic E-state index is 0.582. The Labute approximate surface area is 361 Å². The minimum Gasteiger partial charge on any atom is -0.456 e. The highest BCUT2D eigenvalue weighted by Crippen LogP contribution is 2.44. The van der Waals surface area contributed by atoms with Gasteiger partial charge in [0.25, 0.3) is 0 Å². The maximum Gasteiger partial charge on any atom is 0.164 e. The van der Waals surface area contributed by atoms with E-state index >= 15 is 0 Å². The van der Waals surface area contributed by atoms with Crippen LogP contribution in [-0.2, 0) is 0 Å². The molecule has 0 saturated carbocycles. The topological polar surface area (TPSA) is 69.9 Å². The summed E-state index contributed by atoms with van der Waals surface area (Å²) in [5.74, 6) is 1.81. The van der Waals surface area contributed by atoms with Crippen LogP contribution in [0, 0.1) is 0 Å². The molecule has 4 heterocycles. The molecule has 0 N–H and O–H groups in total. The second-order valence-corrected chi connectivity index (χ2v) is 15.9. The third-order valence-corrected chi connectivity index (χ3v) is 12.3. The zero-order chi connectivity index (χ0) is 41.4. The van der Waals surface area contributed by atoms with Gasteiger partial charge in [0, 0.05) is 54.7 Å². The quantitative estimate of drug-likeness (QED) is 0.167. The van der Waals surface area contributed by atoms with Gasteiger partial charge in [-0.15, -0.1) is 0 Å². The van der Waals surface area contributed by atoms with E-state index in [-0.39, 0.29) is 0 Å². The summed E-state index contributed by atoms with van der Waals surface area (Å²) in [6.07, 6.45) is 0. The largest absolute Gasteiger partial charge is 0.456 e. The van der Waals surface area contributed by atoms with Crippen LogP contribution in [0.2, 0.25) is 0 Å². The lowest BCUT2D eigenvalue weighted by molar-refractivity contribution is 0.669. The standard InChI is InChI=1S/C57H34N4O2/c1-4-15-35(16-5-1)55-58-56(36-17-6-2-7-18-36)60-57(59-55)43-24-14-28-51-54(43)45-34-38(30-32-49(45)63-51)41-23-13-27-50-53(41)44-33-37(29-31-48(44)62-50)40-22-12-26-47-52(40)42-21-10-11-25-46(42)61(47)39-19-8-3-9-20-39/h1-34H. The predicted octanol–water partition coefficient (Wildman–Crippen LogP) is 15.1. The molecule has 0 amide bonds. The van der Waals surface area contributed by atoms with E-state index in [0.29, 0.717) is 17.5 Å². The molecule has 0 unspecified atom stereocenters. The lowest BCUT2D eigenvalue weighted by Gasteiger charge is -2.09. The maximum atomic E-state index is 6.60. The summed E-state index contributed by atoms with van der Waals surface area (Å²) in [6.45, 7) is 0. The second-order valence-electron chi connectivity index (χ2n) is 15.9. The molecular weight excluding hydrogens is 773 g/mol. The van der Waals surface area contributed by atoms with Gasteiger partial charge in [-0.2, -0.15) is 0 Å². The molecule has 0 aliphatic rings. The highest BCUT2D eigenvalue weighted by Gasteiger charge is 2.21. The highest BCUT2D eigenvalue weighted by molar-refractivity contribution is 6.19. The van der Waals surface area contributed by atoms with Gasteiger partial charge in [-0.05, 0) is 82.9 Å². The average molecular weight is 807 g/mol. The fraction of sp³-hybridized carbons (Fsp3) is 0. The van der Waals surface area contributed by atoms with E-state index in [9.17, 15) is 0 Å². The Morgan fingerprint density at radius 2 is 0.778 bits per heavy atom. The van der Waals surface area contributed by atoms with Gasteiger partial charge < -0.3 is 13.4 Å². The van der Waals surface area contributed by atoms with Crippen molar-refractivity contribution in [2.75, 3.05) is 0 Å². The van der Waals surface area contributed by atoms with Gasteiger partial charge in [0.15, 0.2) is 17.5 Å². The van der Waals surface area contributed by atoms with Crippen molar-refractivity contribution in [3.63, 3.8) is 0 Å². The molecular formula is C57H34N4O2. The fourth-order valence-corrected chi connectivity index (χ4v) is 9.46. The third-order valence-electron chi connectivity index (χ3n) is 12.3. The van der Waals surface area contributed by atoms with Crippen LogP contribution in [0.25, 0.3) is 128 Å². The molecule has 0 atom stereocenters. The molecule has 4 aromatic heterocycles. The zero-order valence-electron chi connectivity index (χ0n) is 33.7. The Kier molecular flexibility index (Phi) is 7.80. The van der Waals surface area contributed by atoms with Crippen LogP contribution in [0.15, 0.2) is 215 Å². The van der Waals surface area contributed by atoms with Crippen molar-refractivity contribution in [2.45, 2.75) is 0 Å². The first-order valence-electron chi connectivity index (χ1n) is 21.1. The molecule has 0 aliphatic heterocycles. The van der Waals surface area contributed by atoms with Crippen molar-refractivity contribution in [1.82, 2.24) is 19.5 Å². The number of hydrogen-bond acceptors (Lipinski definition) is 5. The molecule has 294 valence electrons. The van der Waals surface area contributed by atoms with E-state index in [0.717, 1.165) is 82.9 Å². The van der Waals surface area contributed by atoms with Gasteiger partial charge in [0.2, 0.25) is 0 Å². The molecule has 9 aromatic carbocycles. The summed E-state index contributed by atoms with van der Waals surface area (Å²) in [6, 6.07) is 71.5. The number of para-hydroxylation sites is 2. The molecule has 0 radical (unpaired) electrons. The molecule has 0 bridgehead atoms. The number of aromatic nitrogens is 4. The fourth-order valence-electron chi connectivity index (χ4n) is 9.46. The first-order valence-corrected chi connectivity index (χ1v) is 21.1. The van der Waals surface area contributed by atoms with Gasteiger partial charge in [0.05, 0.1) is 11.0 Å². The Morgan fingerprint density at radius 1 is 0.302 bits per heavy atom. The number of benzene rings is 9. The van der Waals surface area contributed by atoms with Gasteiger partial charge in [-0.25, -0.2) is 15.0 Å². The predicted molar refractivity (Wildman–Crippen MR) is 256 cm³/mol. The van der Waals surface area contributed by atoms with Crippen molar-refractivity contribution < 1.29 is 8.83 Å². The summed E-state index contributed by atoms with van der Waals surface area (Å²) in [5.41, 5.74) is 13.9. The van der Waals surface area contributed by atoms with E-state index in [4.69, 9.17) is 23.8 Å². The van der Waals surface area contributed by atoms with E-state index in [2.05, 4.69) is 138 Å². The lowest BCUT2D eigenvalue weighted by Crippen LogP contribution is -2.00. The van der Waals surface area contributed by atoms with Gasteiger partial charge in [-0.3, -0.25) is 0 Å². The number of furan rings is 2. The van der Waals surface area contributed by atoms with E-state index in [1.165, 1.54) is 27.4 Å². The molecule has 13 rings (SSSR count). The summed E-state index contributed by atoms with van der Waals surface area (Å²) < 4.78 is 15.5. The Hall–Kier alpha value is -8.61. The third kappa shape index (κ3) is 5.62. The Bertz CT molecular complexity index is 3850. The van der Waals surface area contributed by atoms with Crippen molar-refractivity contribution in [3.8, 4) is 62.1 Å². The first-order chi connectivity index (χ1) is 31.2. The van der Waals surface area contributed by atoms with E-state index in [1.54, 1.807) is 0 Å². The van der Waals surface area contributed by atoms with Crippen molar-refractivity contribution in [2.24, 2.45) is 0 Å². The highest BCUT2D eigenvalue weighted by atomic mass is 16.3. The van der Waals surface area contributed by atoms with Crippen LogP contribution in [0.1, 0.15) is 0 Å². The van der Waals surface area contributed by atoms with Gasteiger partial charge in [0.1, 0.15) is 22.3 Å². The SMILES string of the molecule is c1ccc(-c2nc(-c3ccccc3)nc(-c3cccc4oc5ccc(-c6cccc7oc8ccc(-c9cccc%10c9c9ccccc9n%10-c9ccccc9)cc8c67)cc5c34)n2)cc1. The maximum absolute atomic E-state index is 6.60. The van der Waals surface area contributed by atoms with Crippen molar-refractivity contribution in [1.29, 1.82) is 0 Å². The minimum absolute atomic E-state index is 0.582. The van der Waals surface area contributed by atoms with Crippen LogP contribution in [0.3, 0.4) is 0 Å². The molecule has 6 heteroatoms. The van der Waals surface area contributed by atoms with Crippen LogP contribution in [0.4, 0.5) is 0 Å². The number of rotatable bonds is 6. The van der Waals surface area contributed by atoms with E-state index in [1.807, 2.05) is 72.8 Å². The second kappa shape index (κ2) is 14.0. The monoisotopic (exact) mass is 806 g/mol.